The molecule has 0 radical (unpaired) electrons. The van der Waals surface area contributed by atoms with Crippen molar-refractivity contribution in [3.63, 3.8) is 0 Å². The molecule has 0 bridgehead atoms. The van der Waals surface area contributed by atoms with E-state index < -0.39 is 17.9 Å². The van der Waals surface area contributed by atoms with E-state index in [-0.39, 0.29) is 18.1 Å². The van der Waals surface area contributed by atoms with Gasteiger partial charge in [-0.15, -0.1) is 11.3 Å². The Morgan fingerprint density at radius 3 is 2.97 bits per heavy atom. The first-order valence-corrected chi connectivity index (χ1v) is 12.1. The van der Waals surface area contributed by atoms with Crippen LogP contribution in [0.25, 0.3) is 32.3 Å². The van der Waals surface area contributed by atoms with Gasteiger partial charge in [0, 0.05) is 41.6 Å². The monoisotopic (exact) mass is 494 g/mol. The van der Waals surface area contributed by atoms with Crippen molar-refractivity contribution < 1.29 is 18.3 Å². The minimum Gasteiger partial charge on any atom is -0.408 e. The van der Waals surface area contributed by atoms with Crippen molar-refractivity contribution in [1.29, 1.82) is 5.26 Å². The average Bonchev–Trinajstić information content (AvgIpc) is 3.17. The highest BCUT2D eigenvalue weighted by atomic mass is 32.1. The number of nitriles is 1. The van der Waals surface area contributed by atoms with Gasteiger partial charge in [0.2, 0.25) is 0 Å². The summed E-state index contributed by atoms with van der Waals surface area (Å²) in [6.07, 6.45) is 0.204. The highest BCUT2D eigenvalue weighted by molar-refractivity contribution is 7.19. The molecule has 1 amide bonds. The van der Waals surface area contributed by atoms with Crippen LogP contribution >= 0.6 is 11.3 Å². The lowest BCUT2D eigenvalue weighted by atomic mass is 10.0. The molecule has 4 aromatic rings. The highest BCUT2D eigenvalue weighted by Crippen LogP contribution is 2.35. The molecule has 2 N–H and O–H groups in total. The number of benzene rings is 2. The third kappa shape index (κ3) is 4.58. The van der Waals surface area contributed by atoms with Gasteiger partial charge in [0.05, 0.1) is 11.6 Å². The number of rotatable bonds is 5. The first-order valence-electron chi connectivity index (χ1n) is 11.3. The van der Waals surface area contributed by atoms with Crippen molar-refractivity contribution in [3.05, 3.63) is 57.6 Å². The van der Waals surface area contributed by atoms with E-state index in [0.29, 0.717) is 34.5 Å². The lowest BCUT2D eigenvalue weighted by Gasteiger charge is -2.17. The van der Waals surface area contributed by atoms with E-state index in [1.54, 1.807) is 19.2 Å². The molecule has 1 saturated heterocycles. The maximum Gasteiger partial charge on any atom is 0.419 e. The van der Waals surface area contributed by atoms with E-state index in [0.717, 1.165) is 28.8 Å². The van der Waals surface area contributed by atoms with Gasteiger partial charge >= 0.3 is 5.76 Å². The number of aryl methyl sites for hydroxylation is 1. The van der Waals surface area contributed by atoms with Crippen molar-refractivity contribution >= 4 is 38.4 Å². The second-order valence-electron chi connectivity index (χ2n) is 8.47. The summed E-state index contributed by atoms with van der Waals surface area (Å²) in [4.78, 5) is 24.7. The predicted molar refractivity (Wildman–Crippen MR) is 131 cm³/mol. The maximum absolute atomic E-state index is 15.2. The molecule has 2 aromatic carbocycles. The van der Waals surface area contributed by atoms with Crippen LogP contribution < -0.4 is 16.4 Å². The van der Waals surface area contributed by atoms with Crippen LogP contribution in [0.1, 0.15) is 11.3 Å². The molecule has 0 saturated carbocycles. The minimum atomic E-state index is -0.874. The molecule has 1 aliphatic rings. The normalized spacial score (nSPS) is 17.2. The number of thiophene rings is 1. The van der Waals surface area contributed by atoms with E-state index in [4.69, 9.17) is 9.15 Å². The number of amides is 1. The summed E-state index contributed by atoms with van der Waals surface area (Å²) < 4.78 is 28.1. The predicted octanol–water partition coefficient (Wildman–Crippen LogP) is 3.08. The zero-order valence-electron chi connectivity index (χ0n) is 19.0. The van der Waals surface area contributed by atoms with Gasteiger partial charge in [0.15, 0.2) is 5.58 Å². The number of carbonyl (C=O) groups excluding carboxylic acids is 1. The average molecular weight is 495 g/mol. The topological polar surface area (TPSA) is 109 Å². The molecule has 10 heteroatoms. The Balaban J connectivity index is 1.38. The van der Waals surface area contributed by atoms with Crippen LogP contribution in [-0.4, -0.2) is 42.3 Å². The van der Waals surface area contributed by atoms with Gasteiger partial charge in [-0.3, -0.25) is 9.36 Å². The molecular formula is C25H23FN4O4S. The molecule has 1 aliphatic heterocycles. The Morgan fingerprint density at radius 2 is 2.14 bits per heavy atom. The molecule has 0 aliphatic carbocycles. The number of aromatic nitrogens is 1. The van der Waals surface area contributed by atoms with Crippen LogP contribution in [0.3, 0.4) is 0 Å². The molecule has 2 atom stereocenters. The van der Waals surface area contributed by atoms with Crippen LogP contribution in [-0.2, 0) is 23.0 Å². The largest absolute Gasteiger partial charge is 0.419 e. The van der Waals surface area contributed by atoms with E-state index in [1.165, 1.54) is 15.9 Å². The second kappa shape index (κ2) is 9.62. The van der Waals surface area contributed by atoms with E-state index in [1.807, 2.05) is 24.3 Å². The third-order valence-electron chi connectivity index (χ3n) is 6.12. The fraction of sp³-hybridized carbons (Fsp3) is 0.320. The first kappa shape index (κ1) is 23.2. The molecular weight excluding hydrogens is 471 g/mol. The molecule has 1 fully saturated rings. The number of hydrogen-bond donors (Lipinski definition) is 2. The molecule has 2 aromatic heterocycles. The molecule has 2 unspecified atom stereocenters. The summed E-state index contributed by atoms with van der Waals surface area (Å²) in [5.41, 5.74) is 2.90. The fourth-order valence-corrected chi connectivity index (χ4v) is 5.36. The van der Waals surface area contributed by atoms with Crippen molar-refractivity contribution in [2.24, 2.45) is 7.05 Å². The Hall–Kier alpha value is -3.52. The SMILES string of the molecule is Cn1c(=O)oc2ccc(-c3ccc4c(F)c(CC(C#N)NC(=O)C5CNCCCO5)sc4c3)cc21. The number of ether oxygens (including phenoxy) is 1. The third-order valence-corrected chi connectivity index (χ3v) is 7.27. The van der Waals surface area contributed by atoms with Crippen molar-refractivity contribution in [2.45, 2.75) is 25.0 Å². The molecule has 5 rings (SSSR count). The fourth-order valence-electron chi connectivity index (χ4n) is 4.20. The van der Waals surface area contributed by atoms with E-state index >= 15 is 4.39 Å². The van der Waals surface area contributed by atoms with Gasteiger partial charge in [-0.2, -0.15) is 5.26 Å². The van der Waals surface area contributed by atoms with Crippen LogP contribution in [0.5, 0.6) is 0 Å². The Morgan fingerprint density at radius 1 is 1.34 bits per heavy atom. The number of carbonyl (C=O) groups is 1. The van der Waals surface area contributed by atoms with Gasteiger partial charge in [-0.1, -0.05) is 12.1 Å². The number of halogens is 1. The molecule has 3 heterocycles. The highest BCUT2D eigenvalue weighted by Gasteiger charge is 2.25. The Kier molecular flexibility index (Phi) is 6.38. The summed E-state index contributed by atoms with van der Waals surface area (Å²) in [5.74, 6) is -1.19. The minimum absolute atomic E-state index is 0.0615. The summed E-state index contributed by atoms with van der Waals surface area (Å²) in [7, 11) is 1.64. The number of fused-ring (bicyclic) bond motifs is 2. The molecule has 35 heavy (non-hydrogen) atoms. The zero-order chi connectivity index (χ0) is 24.5. The molecule has 8 nitrogen and oxygen atoms in total. The van der Waals surface area contributed by atoms with Crippen LogP contribution in [0.4, 0.5) is 4.39 Å². The standard InChI is InChI=1S/C25H23FN4O4S/c1-30-18-9-14(4-6-19(18)34-25(30)32)15-3-5-17-21(10-15)35-22(23(17)26)11-16(12-27)29-24(31)20-13-28-7-2-8-33-20/h3-6,9-10,16,20,28H,2,7-8,11,13H2,1H3,(H,29,31). The summed E-state index contributed by atoms with van der Waals surface area (Å²) >= 11 is 1.26. The Bertz CT molecular complexity index is 1510. The lowest BCUT2D eigenvalue weighted by Crippen LogP contribution is -2.46. The molecule has 0 spiro atoms. The summed E-state index contributed by atoms with van der Waals surface area (Å²) in [6, 6.07) is 12.1. The van der Waals surface area contributed by atoms with E-state index in [2.05, 4.69) is 16.7 Å². The molecule has 180 valence electrons. The number of nitrogens with zero attached hydrogens (tertiary/aromatic N) is 2. The van der Waals surface area contributed by atoms with Crippen molar-refractivity contribution in [2.75, 3.05) is 19.7 Å². The number of nitrogens with one attached hydrogen (secondary N) is 2. The van der Waals surface area contributed by atoms with Gasteiger partial charge < -0.3 is 19.8 Å². The maximum atomic E-state index is 15.2. The summed E-state index contributed by atoms with van der Waals surface area (Å²) in [5, 5.41) is 15.9. The van der Waals surface area contributed by atoms with Gasteiger partial charge in [0.25, 0.3) is 5.91 Å². The van der Waals surface area contributed by atoms with Gasteiger partial charge in [-0.25, -0.2) is 9.18 Å². The number of oxazole rings is 1. The Labute approximate surface area is 203 Å². The van der Waals surface area contributed by atoms with Crippen LogP contribution in [0.15, 0.2) is 45.6 Å². The van der Waals surface area contributed by atoms with E-state index in [9.17, 15) is 14.9 Å². The van der Waals surface area contributed by atoms with Crippen molar-refractivity contribution in [3.8, 4) is 17.2 Å². The van der Waals surface area contributed by atoms with Crippen LogP contribution in [0.2, 0.25) is 0 Å². The first-order chi connectivity index (χ1) is 16.9. The zero-order valence-corrected chi connectivity index (χ0v) is 19.8. The van der Waals surface area contributed by atoms with Crippen LogP contribution in [0, 0.1) is 17.1 Å². The summed E-state index contributed by atoms with van der Waals surface area (Å²) in [6.45, 7) is 1.62. The lowest BCUT2D eigenvalue weighted by molar-refractivity contribution is -0.132. The number of hydrogen-bond acceptors (Lipinski definition) is 7. The second-order valence-corrected chi connectivity index (χ2v) is 9.61. The van der Waals surface area contributed by atoms with Gasteiger partial charge in [0.1, 0.15) is 18.0 Å². The van der Waals surface area contributed by atoms with Crippen molar-refractivity contribution in [1.82, 2.24) is 15.2 Å². The van der Waals surface area contributed by atoms with Gasteiger partial charge in [-0.05, 0) is 48.4 Å². The smallest absolute Gasteiger partial charge is 0.408 e. The quantitative estimate of drug-likeness (QED) is 0.441.